The fraction of sp³-hybridized carbons (Fsp3) is 0.385. The van der Waals surface area contributed by atoms with Gasteiger partial charge in [0.15, 0.2) is 0 Å². The van der Waals surface area contributed by atoms with Crippen LogP contribution in [0.5, 0.6) is 0 Å². The van der Waals surface area contributed by atoms with Crippen molar-refractivity contribution in [3.63, 3.8) is 0 Å². The van der Waals surface area contributed by atoms with Gasteiger partial charge in [-0.1, -0.05) is 55.8 Å². The van der Waals surface area contributed by atoms with Crippen LogP contribution in [0, 0.1) is 5.92 Å². The van der Waals surface area contributed by atoms with Crippen LogP contribution in [0.3, 0.4) is 0 Å². The Labute approximate surface area is 81.3 Å². The van der Waals surface area contributed by atoms with Crippen molar-refractivity contribution in [2.75, 3.05) is 0 Å². The second kappa shape index (κ2) is 4.86. The van der Waals surface area contributed by atoms with Gasteiger partial charge in [-0.25, -0.2) is 0 Å². The zero-order valence-corrected chi connectivity index (χ0v) is 8.75. The topological polar surface area (TPSA) is 0 Å². The second-order valence-corrected chi connectivity index (χ2v) is 4.00. The van der Waals surface area contributed by atoms with Crippen LogP contribution in [0.4, 0.5) is 0 Å². The van der Waals surface area contributed by atoms with Crippen LogP contribution >= 0.6 is 0 Å². The molecule has 0 amide bonds. The second-order valence-electron chi connectivity index (χ2n) is 4.00. The molecule has 0 radical (unpaired) electrons. The highest BCUT2D eigenvalue weighted by atomic mass is 14.0. The van der Waals surface area contributed by atoms with Crippen LogP contribution in [0.15, 0.2) is 35.9 Å². The minimum Gasteiger partial charge on any atom is -0.0725 e. The molecule has 0 fully saturated rings. The predicted molar refractivity (Wildman–Crippen MR) is 59.5 cm³/mol. The van der Waals surface area contributed by atoms with Crippen molar-refractivity contribution in [2.24, 2.45) is 5.92 Å². The zero-order chi connectivity index (χ0) is 9.68. The summed E-state index contributed by atoms with van der Waals surface area (Å²) in [5.41, 5.74) is 2.77. The predicted octanol–water partition coefficient (Wildman–Crippen LogP) is 4.14. The van der Waals surface area contributed by atoms with Crippen molar-refractivity contribution in [3.8, 4) is 0 Å². The third-order valence-electron chi connectivity index (χ3n) is 1.94. The van der Waals surface area contributed by atoms with Gasteiger partial charge in [-0.2, -0.15) is 0 Å². The van der Waals surface area contributed by atoms with Gasteiger partial charge in [-0.3, -0.25) is 0 Å². The lowest BCUT2D eigenvalue weighted by atomic mass is 10.0. The van der Waals surface area contributed by atoms with Gasteiger partial charge < -0.3 is 0 Å². The smallest absolute Gasteiger partial charge is 0.0257 e. The first-order valence-electron chi connectivity index (χ1n) is 4.90. The first-order chi connectivity index (χ1) is 6.18. The summed E-state index contributed by atoms with van der Waals surface area (Å²) in [5, 5.41) is 0. The number of rotatable bonds is 3. The van der Waals surface area contributed by atoms with Gasteiger partial charge in [0.1, 0.15) is 0 Å². The lowest BCUT2D eigenvalue weighted by Gasteiger charge is -2.04. The normalized spacial score (nSPS) is 12.2. The van der Waals surface area contributed by atoms with E-state index < -0.39 is 0 Å². The molecule has 1 rings (SSSR count). The van der Waals surface area contributed by atoms with Gasteiger partial charge in [0.05, 0.1) is 0 Å². The van der Waals surface area contributed by atoms with E-state index in [9.17, 15) is 0 Å². The molecule has 70 valence electrons. The molecule has 0 atom stereocenters. The Morgan fingerprint density at radius 3 is 2.38 bits per heavy atom. The molecule has 0 unspecified atom stereocenters. The summed E-state index contributed by atoms with van der Waals surface area (Å²) in [6, 6.07) is 10.5. The van der Waals surface area contributed by atoms with Crippen LogP contribution in [-0.4, -0.2) is 0 Å². The van der Waals surface area contributed by atoms with Gasteiger partial charge in [-0.05, 0) is 24.8 Å². The molecule has 0 aromatic heterocycles. The average Bonchev–Trinajstić information content (AvgIpc) is 2.04. The molecule has 1 aromatic carbocycles. The lowest BCUT2D eigenvalue weighted by Crippen LogP contribution is -1.87. The largest absolute Gasteiger partial charge is 0.0725 e. The Bertz CT molecular complexity index is 267. The Morgan fingerprint density at radius 1 is 1.23 bits per heavy atom. The molecular weight excluding hydrogens is 156 g/mol. The van der Waals surface area contributed by atoms with Gasteiger partial charge in [0.2, 0.25) is 0 Å². The fourth-order valence-corrected chi connectivity index (χ4v) is 1.54. The van der Waals surface area contributed by atoms with E-state index >= 15 is 0 Å². The first-order valence-corrected chi connectivity index (χ1v) is 4.90. The van der Waals surface area contributed by atoms with Crippen molar-refractivity contribution < 1.29 is 0 Å². The minimum atomic E-state index is 0.750. The molecule has 13 heavy (non-hydrogen) atoms. The maximum absolute atomic E-state index is 2.26. The summed E-state index contributed by atoms with van der Waals surface area (Å²) >= 11 is 0. The molecule has 0 aliphatic heterocycles. The number of hydrogen-bond donors (Lipinski definition) is 0. The molecule has 0 spiro atoms. The van der Waals surface area contributed by atoms with Gasteiger partial charge >= 0.3 is 0 Å². The van der Waals surface area contributed by atoms with Gasteiger partial charge in [0, 0.05) is 0 Å². The molecule has 0 heteroatoms. The zero-order valence-electron chi connectivity index (χ0n) is 8.75. The van der Waals surface area contributed by atoms with Crippen LogP contribution in [0.2, 0.25) is 0 Å². The van der Waals surface area contributed by atoms with Crippen LogP contribution in [-0.2, 0) is 0 Å². The SMILES string of the molecule is C/C(=C\c1ccccc1)CC(C)C. The highest BCUT2D eigenvalue weighted by Gasteiger charge is 1.95. The maximum atomic E-state index is 2.26. The number of hydrogen-bond acceptors (Lipinski definition) is 0. The van der Waals surface area contributed by atoms with E-state index in [1.165, 1.54) is 17.6 Å². The van der Waals surface area contributed by atoms with Crippen molar-refractivity contribution in [2.45, 2.75) is 27.2 Å². The summed E-state index contributed by atoms with van der Waals surface area (Å²) in [7, 11) is 0. The number of benzene rings is 1. The molecule has 0 N–H and O–H groups in total. The molecular formula is C13H18. The Hall–Kier alpha value is -1.04. The maximum Gasteiger partial charge on any atom is -0.0257 e. The van der Waals surface area contributed by atoms with E-state index in [0.717, 1.165) is 5.92 Å². The highest BCUT2D eigenvalue weighted by molar-refractivity contribution is 5.51. The van der Waals surface area contributed by atoms with Crippen molar-refractivity contribution in [1.29, 1.82) is 0 Å². The molecule has 0 saturated heterocycles. The van der Waals surface area contributed by atoms with Crippen molar-refractivity contribution in [3.05, 3.63) is 41.5 Å². The third-order valence-corrected chi connectivity index (χ3v) is 1.94. The standard InChI is InChI=1S/C13H18/c1-11(2)9-12(3)10-13-7-5-4-6-8-13/h4-8,10-11H,9H2,1-3H3/b12-10+. The Balaban J connectivity index is 2.66. The van der Waals surface area contributed by atoms with Gasteiger partial charge in [-0.15, -0.1) is 0 Å². The van der Waals surface area contributed by atoms with Crippen LogP contribution in [0.1, 0.15) is 32.8 Å². The van der Waals surface area contributed by atoms with Gasteiger partial charge in [0.25, 0.3) is 0 Å². The fourth-order valence-electron chi connectivity index (χ4n) is 1.54. The van der Waals surface area contributed by atoms with E-state index in [1.54, 1.807) is 0 Å². The van der Waals surface area contributed by atoms with E-state index in [1.807, 2.05) is 0 Å². The van der Waals surface area contributed by atoms with E-state index in [2.05, 4.69) is 57.2 Å². The summed E-state index contributed by atoms with van der Waals surface area (Å²) < 4.78 is 0. The third kappa shape index (κ3) is 3.93. The molecule has 0 aliphatic rings. The summed E-state index contributed by atoms with van der Waals surface area (Å²) in [4.78, 5) is 0. The minimum absolute atomic E-state index is 0.750. The summed E-state index contributed by atoms with van der Waals surface area (Å²) in [6.45, 7) is 6.71. The molecule has 1 aromatic rings. The number of allylic oxidation sites excluding steroid dienone is 1. The average molecular weight is 174 g/mol. The lowest BCUT2D eigenvalue weighted by molar-refractivity contribution is 0.644. The first kappa shape index (κ1) is 10.0. The monoisotopic (exact) mass is 174 g/mol. The Kier molecular flexibility index (Phi) is 3.75. The molecule has 0 saturated carbocycles. The van der Waals surface area contributed by atoms with Crippen LogP contribution in [0.25, 0.3) is 6.08 Å². The highest BCUT2D eigenvalue weighted by Crippen LogP contribution is 2.13. The molecule has 0 bridgehead atoms. The summed E-state index contributed by atoms with van der Waals surface area (Å²) in [6.07, 6.45) is 3.45. The molecule has 0 nitrogen and oxygen atoms in total. The Morgan fingerprint density at radius 2 is 1.85 bits per heavy atom. The van der Waals surface area contributed by atoms with E-state index in [-0.39, 0.29) is 0 Å². The van der Waals surface area contributed by atoms with Crippen molar-refractivity contribution >= 4 is 6.08 Å². The van der Waals surface area contributed by atoms with E-state index in [0.29, 0.717) is 0 Å². The van der Waals surface area contributed by atoms with Crippen molar-refractivity contribution in [1.82, 2.24) is 0 Å². The molecule has 0 heterocycles. The quantitative estimate of drug-likeness (QED) is 0.646. The van der Waals surface area contributed by atoms with E-state index in [4.69, 9.17) is 0 Å². The molecule has 0 aliphatic carbocycles. The summed E-state index contributed by atoms with van der Waals surface area (Å²) in [5.74, 6) is 0.750. The van der Waals surface area contributed by atoms with Crippen LogP contribution < -0.4 is 0 Å².